The summed E-state index contributed by atoms with van der Waals surface area (Å²) in [6.45, 7) is 3.19. The molecule has 4 N–H and O–H groups in total. The normalized spacial score (nSPS) is 13.6. The predicted molar refractivity (Wildman–Crippen MR) is 69.7 cm³/mol. The van der Waals surface area contributed by atoms with Crippen LogP contribution in [0, 0.1) is 17.0 Å². The number of rotatable bonds is 6. The van der Waals surface area contributed by atoms with Crippen molar-refractivity contribution in [2.75, 3.05) is 6.61 Å². The van der Waals surface area contributed by atoms with Crippen molar-refractivity contribution in [1.29, 1.82) is 0 Å². The van der Waals surface area contributed by atoms with E-state index in [0.29, 0.717) is 5.56 Å². The first-order valence-electron chi connectivity index (χ1n) is 5.71. The SMILES string of the molecule is Cc1cccc(OCCC(C)(N)C(N)=O)c1[N+](=O)[O-]. The van der Waals surface area contributed by atoms with Gasteiger partial charge in [-0.2, -0.15) is 0 Å². The average Bonchev–Trinajstić information content (AvgIpc) is 2.27. The number of benzene rings is 1. The Bertz CT molecular complexity index is 500. The zero-order valence-corrected chi connectivity index (χ0v) is 10.9. The molecular formula is C12H17N3O4. The Labute approximate surface area is 110 Å². The molecule has 0 fully saturated rings. The van der Waals surface area contributed by atoms with Crippen LogP contribution >= 0.6 is 0 Å². The summed E-state index contributed by atoms with van der Waals surface area (Å²) in [7, 11) is 0. The minimum Gasteiger partial charge on any atom is -0.487 e. The summed E-state index contributed by atoms with van der Waals surface area (Å²) in [5.41, 5.74) is 10.0. The van der Waals surface area contributed by atoms with Gasteiger partial charge >= 0.3 is 5.69 Å². The maximum absolute atomic E-state index is 11.0. The number of para-hydroxylation sites is 1. The molecule has 0 saturated carbocycles. The topological polar surface area (TPSA) is 121 Å². The highest BCUT2D eigenvalue weighted by Crippen LogP contribution is 2.30. The summed E-state index contributed by atoms with van der Waals surface area (Å²) in [6.07, 6.45) is 0.174. The van der Waals surface area contributed by atoms with Gasteiger partial charge in [0.1, 0.15) is 0 Å². The second-order valence-electron chi connectivity index (χ2n) is 4.56. The molecule has 0 saturated heterocycles. The second kappa shape index (κ2) is 5.66. The zero-order valence-electron chi connectivity index (χ0n) is 10.9. The van der Waals surface area contributed by atoms with Gasteiger partial charge in [-0.15, -0.1) is 0 Å². The van der Waals surface area contributed by atoms with Crippen molar-refractivity contribution < 1.29 is 14.5 Å². The minimum absolute atomic E-state index is 0.0697. The quantitative estimate of drug-likeness (QED) is 0.585. The number of nitro groups is 1. The highest BCUT2D eigenvalue weighted by molar-refractivity contribution is 5.83. The molecular weight excluding hydrogens is 250 g/mol. The molecule has 0 bridgehead atoms. The van der Waals surface area contributed by atoms with E-state index in [9.17, 15) is 14.9 Å². The van der Waals surface area contributed by atoms with Crippen molar-refractivity contribution >= 4 is 11.6 Å². The molecule has 0 aliphatic heterocycles. The number of nitrogens with zero attached hydrogens (tertiary/aromatic N) is 1. The number of hydrogen-bond donors (Lipinski definition) is 2. The van der Waals surface area contributed by atoms with Crippen molar-refractivity contribution in [3.05, 3.63) is 33.9 Å². The number of carbonyl (C=O) groups excluding carboxylic acids is 1. The molecule has 19 heavy (non-hydrogen) atoms. The van der Waals surface area contributed by atoms with Crippen LogP contribution in [-0.2, 0) is 4.79 Å². The zero-order chi connectivity index (χ0) is 14.6. The van der Waals surface area contributed by atoms with Crippen LogP contribution in [0.3, 0.4) is 0 Å². The van der Waals surface area contributed by atoms with Crippen molar-refractivity contribution in [2.24, 2.45) is 11.5 Å². The lowest BCUT2D eigenvalue weighted by Gasteiger charge is -2.20. The second-order valence-corrected chi connectivity index (χ2v) is 4.56. The van der Waals surface area contributed by atoms with Gasteiger partial charge in [-0.1, -0.05) is 12.1 Å². The first-order valence-corrected chi connectivity index (χ1v) is 5.71. The van der Waals surface area contributed by atoms with Crippen LogP contribution in [0.2, 0.25) is 0 Å². The fraction of sp³-hybridized carbons (Fsp3) is 0.417. The smallest absolute Gasteiger partial charge is 0.313 e. The van der Waals surface area contributed by atoms with Gasteiger partial charge in [-0.05, 0) is 19.9 Å². The number of hydrogen-bond acceptors (Lipinski definition) is 5. The molecule has 7 nitrogen and oxygen atoms in total. The van der Waals surface area contributed by atoms with Gasteiger partial charge in [0.2, 0.25) is 5.91 Å². The molecule has 1 atom stereocenters. The van der Waals surface area contributed by atoms with Crippen LogP contribution in [0.15, 0.2) is 18.2 Å². The lowest BCUT2D eigenvalue weighted by Crippen LogP contribution is -2.50. The van der Waals surface area contributed by atoms with E-state index in [1.54, 1.807) is 19.1 Å². The van der Waals surface area contributed by atoms with Gasteiger partial charge in [0.25, 0.3) is 0 Å². The molecule has 0 heterocycles. The molecule has 7 heteroatoms. The number of carbonyl (C=O) groups is 1. The van der Waals surface area contributed by atoms with Crippen molar-refractivity contribution in [2.45, 2.75) is 25.8 Å². The molecule has 1 rings (SSSR count). The number of ether oxygens (including phenoxy) is 1. The van der Waals surface area contributed by atoms with Crippen LogP contribution in [-0.4, -0.2) is 23.0 Å². The molecule has 104 valence electrons. The molecule has 1 amide bonds. The number of amides is 1. The molecule has 1 aromatic carbocycles. The van der Waals surface area contributed by atoms with Crippen LogP contribution in [0.25, 0.3) is 0 Å². The van der Waals surface area contributed by atoms with E-state index in [2.05, 4.69) is 0 Å². The standard InChI is InChI=1S/C12H17N3O4/c1-8-4-3-5-9(10(8)15(17)18)19-7-6-12(2,14)11(13)16/h3-5H,6-7,14H2,1-2H3,(H2,13,16). The fourth-order valence-corrected chi connectivity index (χ4v) is 1.48. The Balaban J connectivity index is 2.77. The lowest BCUT2D eigenvalue weighted by molar-refractivity contribution is -0.386. The molecule has 0 aliphatic carbocycles. The van der Waals surface area contributed by atoms with E-state index in [1.807, 2.05) is 0 Å². The number of aryl methyl sites for hydroxylation is 1. The number of nitrogens with two attached hydrogens (primary N) is 2. The molecule has 0 spiro atoms. The molecule has 0 radical (unpaired) electrons. The molecule has 0 aromatic heterocycles. The lowest BCUT2D eigenvalue weighted by atomic mass is 9.99. The largest absolute Gasteiger partial charge is 0.487 e. The summed E-state index contributed by atoms with van der Waals surface area (Å²) < 4.78 is 5.34. The predicted octanol–water partition coefficient (Wildman–Crippen LogP) is 0.875. The van der Waals surface area contributed by atoms with Gasteiger partial charge in [-0.3, -0.25) is 14.9 Å². The Morgan fingerprint density at radius 1 is 1.53 bits per heavy atom. The third-order valence-corrected chi connectivity index (χ3v) is 2.83. The summed E-state index contributed by atoms with van der Waals surface area (Å²) in [5.74, 6) is -0.486. The van der Waals surface area contributed by atoms with E-state index in [1.165, 1.54) is 13.0 Å². The van der Waals surface area contributed by atoms with Gasteiger partial charge in [0.05, 0.1) is 17.1 Å². The van der Waals surface area contributed by atoms with Crippen molar-refractivity contribution in [1.82, 2.24) is 0 Å². The highest BCUT2D eigenvalue weighted by atomic mass is 16.6. The maximum atomic E-state index is 11.0. The van der Waals surface area contributed by atoms with Gasteiger partial charge in [-0.25, -0.2) is 0 Å². The third-order valence-electron chi connectivity index (χ3n) is 2.83. The molecule has 1 aromatic rings. The number of primary amides is 1. The van der Waals surface area contributed by atoms with E-state index >= 15 is 0 Å². The molecule has 1 unspecified atom stereocenters. The summed E-state index contributed by atoms with van der Waals surface area (Å²) in [6, 6.07) is 4.79. The Kier molecular flexibility index (Phi) is 4.44. The van der Waals surface area contributed by atoms with Gasteiger partial charge in [0.15, 0.2) is 5.75 Å². The fourth-order valence-electron chi connectivity index (χ4n) is 1.48. The monoisotopic (exact) mass is 267 g/mol. The van der Waals surface area contributed by atoms with Crippen LogP contribution in [0.5, 0.6) is 5.75 Å². The van der Waals surface area contributed by atoms with Crippen LogP contribution in [0.4, 0.5) is 5.69 Å². The van der Waals surface area contributed by atoms with E-state index < -0.39 is 16.4 Å². The van der Waals surface area contributed by atoms with Gasteiger partial charge in [0, 0.05) is 12.0 Å². The van der Waals surface area contributed by atoms with Crippen LogP contribution in [0.1, 0.15) is 18.9 Å². The summed E-state index contributed by atoms with van der Waals surface area (Å²) in [5, 5.41) is 10.9. The highest BCUT2D eigenvalue weighted by Gasteiger charge is 2.26. The Hall–Kier alpha value is -2.15. The number of nitro benzene ring substituents is 1. The third kappa shape index (κ3) is 3.65. The van der Waals surface area contributed by atoms with E-state index in [4.69, 9.17) is 16.2 Å². The average molecular weight is 267 g/mol. The van der Waals surface area contributed by atoms with E-state index in [0.717, 1.165) is 0 Å². The Morgan fingerprint density at radius 3 is 2.68 bits per heavy atom. The van der Waals surface area contributed by atoms with E-state index in [-0.39, 0.29) is 24.5 Å². The first-order chi connectivity index (χ1) is 8.75. The van der Waals surface area contributed by atoms with Crippen molar-refractivity contribution in [3.8, 4) is 5.75 Å². The minimum atomic E-state index is -1.20. The Morgan fingerprint density at radius 2 is 2.16 bits per heavy atom. The maximum Gasteiger partial charge on any atom is 0.313 e. The van der Waals surface area contributed by atoms with Crippen LogP contribution < -0.4 is 16.2 Å². The summed E-state index contributed by atoms with van der Waals surface area (Å²) >= 11 is 0. The van der Waals surface area contributed by atoms with Gasteiger partial charge < -0.3 is 16.2 Å². The molecule has 0 aliphatic rings. The summed E-state index contributed by atoms with van der Waals surface area (Å²) in [4.78, 5) is 21.5. The van der Waals surface area contributed by atoms with Crippen molar-refractivity contribution in [3.63, 3.8) is 0 Å². The first kappa shape index (κ1) is 14.9.